The molecule has 0 spiro atoms. The van der Waals surface area contributed by atoms with Gasteiger partial charge >= 0.3 is 5.97 Å². The van der Waals surface area contributed by atoms with Crippen LogP contribution in [0.1, 0.15) is 21.8 Å². The van der Waals surface area contributed by atoms with Gasteiger partial charge in [-0.15, -0.1) is 11.3 Å². The summed E-state index contributed by atoms with van der Waals surface area (Å²) in [5, 5.41) is 1.91. The summed E-state index contributed by atoms with van der Waals surface area (Å²) in [5.41, 5.74) is 0.600. The number of thiophene rings is 1. The fourth-order valence-electron chi connectivity index (χ4n) is 2.11. The van der Waals surface area contributed by atoms with E-state index >= 15 is 0 Å². The number of nitrogens with zero attached hydrogens (tertiary/aromatic N) is 1. The molecule has 2 heterocycles. The van der Waals surface area contributed by atoms with Crippen LogP contribution in [0.3, 0.4) is 0 Å². The van der Waals surface area contributed by atoms with Crippen molar-refractivity contribution in [2.24, 2.45) is 0 Å². The minimum atomic E-state index is -2.61. The van der Waals surface area contributed by atoms with E-state index in [1.165, 1.54) is 23.5 Å². The lowest BCUT2D eigenvalue weighted by atomic mass is 10.2. The van der Waals surface area contributed by atoms with Gasteiger partial charge in [-0.1, -0.05) is 30.0 Å². The highest BCUT2D eigenvalue weighted by atomic mass is 32.2. The monoisotopic (exact) mass is 381 g/mol. The van der Waals surface area contributed by atoms with Gasteiger partial charge in [-0.2, -0.15) is 8.78 Å². The molecule has 0 aliphatic heterocycles. The first-order valence-corrected chi connectivity index (χ1v) is 9.01. The summed E-state index contributed by atoms with van der Waals surface area (Å²) >= 11 is 1.80. The molecule has 130 valence electrons. The van der Waals surface area contributed by atoms with Gasteiger partial charge in [0.15, 0.2) is 0 Å². The first kappa shape index (κ1) is 17.6. The number of thioether (sulfide) groups is 1. The average Bonchev–Trinajstić information content (AvgIpc) is 3.22. The molecular weight excluding hydrogens is 368 g/mol. The van der Waals surface area contributed by atoms with Gasteiger partial charge in [-0.25, -0.2) is 9.78 Å². The molecule has 0 amide bonds. The molecule has 0 N–H and O–H groups in total. The Morgan fingerprint density at radius 3 is 2.84 bits per heavy atom. The Labute approximate surface area is 150 Å². The number of oxazole rings is 1. The standard InChI is InChI=1S/C17H13F2NO3S2/c1-10-12(20-15(23-10)14-7-4-8-24-14)9-22-16(21)11-5-2-3-6-13(11)25-17(18)19/h2-8,17H,9H2,1H3. The fraction of sp³-hybridized carbons (Fsp3) is 0.176. The molecule has 0 atom stereocenters. The molecule has 0 saturated carbocycles. The number of carbonyl (C=O) groups excluding carboxylic acids is 1. The second kappa shape index (κ2) is 7.79. The quantitative estimate of drug-likeness (QED) is 0.424. The molecule has 25 heavy (non-hydrogen) atoms. The zero-order valence-electron chi connectivity index (χ0n) is 13.1. The van der Waals surface area contributed by atoms with Crippen LogP contribution in [0.5, 0.6) is 0 Å². The molecule has 0 radical (unpaired) electrons. The van der Waals surface area contributed by atoms with E-state index in [1.807, 2.05) is 17.5 Å². The maximum absolute atomic E-state index is 12.6. The van der Waals surface area contributed by atoms with Gasteiger partial charge in [0.2, 0.25) is 5.89 Å². The number of rotatable bonds is 6. The second-order valence-corrected chi connectivity index (χ2v) is 6.93. The van der Waals surface area contributed by atoms with E-state index in [-0.39, 0.29) is 17.1 Å². The molecule has 3 rings (SSSR count). The van der Waals surface area contributed by atoms with Crippen LogP contribution in [-0.2, 0) is 11.3 Å². The van der Waals surface area contributed by atoms with Crippen molar-refractivity contribution in [2.45, 2.75) is 24.2 Å². The minimum absolute atomic E-state index is 0.0901. The van der Waals surface area contributed by atoms with E-state index in [0.717, 1.165) is 4.88 Å². The van der Waals surface area contributed by atoms with E-state index in [1.54, 1.807) is 19.1 Å². The predicted molar refractivity (Wildman–Crippen MR) is 92.0 cm³/mol. The van der Waals surface area contributed by atoms with Crippen molar-refractivity contribution < 1.29 is 22.7 Å². The third-order valence-electron chi connectivity index (χ3n) is 3.29. The normalized spacial score (nSPS) is 11.0. The van der Waals surface area contributed by atoms with Gasteiger partial charge in [0.1, 0.15) is 18.1 Å². The Kier molecular flexibility index (Phi) is 5.50. The second-order valence-electron chi connectivity index (χ2n) is 4.95. The first-order chi connectivity index (χ1) is 12.0. The lowest BCUT2D eigenvalue weighted by Gasteiger charge is -2.08. The molecule has 1 aromatic carbocycles. The van der Waals surface area contributed by atoms with E-state index in [4.69, 9.17) is 9.15 Å². The number of carbonyl (C=O) groups is 1. The van der Waals surface area contributed by atoms with Crippen molar-refractivity contribution in [1.29, 1.82) is 0 Å². The van der Waals surface area contributed by atoms with Crippen molar-refractivity contribution in [1.82, 2.24) is 4.98 Å². The van der Waals surface area contributed by atoms with Crippen molar-refractivity contribution in [3.8, 4) is 10.8 Å². The number of esters is 1. The van der Waals surface area contributed by atoms with Gasteiger partial charge in [0.25, 0.3) is 5.76 Å². The van der Waals surface area contributed by atoms with Crippen LogP contribution in [0.4, 0.5) is 8.78 Å². The molecule has 0 fully saturated rings. The van der Waals surface area contributed by atoms with Crippen LogP contribution in [-0.4, -0.2) is 16.7 Å². The van der Waals surface area contributed by atoms with Crippen LogP contribution in [0.2, 0.25) is 0 Å². The number of benzene rings is 1. The van der Waals surface area contributed by atoms with Gasteiger partial charge in [-0.05, 0) is 30.5 Å². The molecular formula is C17H13F2NO3S2. The van der Waals surface area contributed by atoms with Gasteiger partial charge < -0.3 is 9.15 Å². The highest BCUT2D eigenvalue weighted by Crippen LogP contribution is 2.29. The highest BCUT2D eigenvalue weighted by Gasteiger charge is 2.18. The molecule has 8 heteroatoms. The van der Waals surface area contributed by atoms with E-state index < -0.39 is 11.7 Å². The summed E-state index contributed by atoms with van der Waals surface area (Å²) in [6, 6.07) is 9.88. The van der Waals surface area contributed by atoms with Crippen molar-refractivity contribution in [3.05, 3.63) is 58.8 Å². The van der Waals surface area contributed by atoms with E-state index in [0.29, 0.717) is 29.1 Å². The fourth-order valence-corrected chi connectivity index (χ4v) is 3.39. The third kappa shape index (κ3) is 4.26. The maximum Gasteiger partial charge on any atom is 0.339 e. The first-order valence-electron chi connectivity index (χ1n) is 7.25. The highest BCUT2D eigenvalue weighted by molar-refractivity contribution is 7.99. The molecule has 0 saturated heterocycles. The number of hydrogen-bond acceptors (Lipinski definition) is 6. The maximum atomic E-state index is 12.6. The van der Waals surface area contributed by atoms with Crippen molar-refractivity contribution in [2.75, 3.05) is 0 Å². The van der Waals surface area contributed by atoms with Crippen LogP contribution in [0.25, 0.3) is 10.8 Å². The molecule has 2 aromatic heterocycles. The number of aromatic nitrogens is 1. The Bertz CT molecular complexity index is 863. The average molecular weight is 381 g/mol. The number of hydrogen-bond donors (Lipinski definition) is 0. The Morgan fingerprint density at radius 2 is 2.12 bits per heavy atom. The molecule has 0 aliphatic carbocycles. The number of aryl methyl sites for hydroxylation is 1. The summed E-state index contributed by atoms with van der Waals surface area (Å²) in [4.78, 5) is 17.6. The summed E-state index contributed by atoms with van der Waals surface area (Å²) < 4.78 is 36.0. The predicted octanol–water partition coefficient (Wildman–Crippen LogP) is 5.38. The Morgan fingerprint density at radius 1 is 1.32 bits per heavy atom. The largest absolute Gasteiger partial charge is 0.455 e. The molecule has 0 aliphatic rings. The van der Waals surface area contributed by atoms with E-state index in [2.05, 4.69) is 4.98 Å². The Hall–Kier alpha value is -2.19. The zero-order valence-corrected chi connectivity index (χ0v) is 14.7. The number of alkyl halides is 2. The Balaban J connectivity index is 1.71. The lowest BCUT2D eigenvalue weighted by Crippen LogP contribution is -2.07. The SMILES string of the molecule is Cc1oc(-c2cccs2)nc1COC(=O)c1ccccc1SC(F)F. The summed E-state index contributed by atoms with van der Waals surface area (Å²) in [6.45, 7) is 1.64. The van der Waals surface area contributed by atoms with Crippen LogP contribution < -0.4 is 0 Å². The van der Waals surface area contributed by atoms with Crippen molar-refractivity contribution >= 4 is 29.1 Å². The topological polar surface area (TPSA) is 52.3 Å². The smallest absolute Gasteiger partial charge is 0.339 e. The van der Waals surface area contributed by atoms with Crippen LogP contribution in [0.15, 0.2) is 51.1 Å². The number of halogens is 2. The van der Waals surface area contributed by atoms with Gasteiger partial charge in [0, 0.05) is 4.90 Å². The molecule has 3 aromatic rings. The molecule has 0 unspecified atom stereocenters. The summed E-state index contributed by atoms with van der Waals surface area (Å²) in [5.74, 6) is -2.28. The number of ether oxygens (including phenoxy) is 1. The molecule has 4 nitrogen and oxygen atoms in total. The van der Waals surface area contributed by atoms with E-state index in [9.17, 15) is 13.6 Å². The van der Waals surface area contributed by atoms with Gasteiger partial charge in [-0.3, -0.25) is 0 Å². The zero-order chi connectivity index (χ0) is 17.8. The van der Waals surface area contributed by atoms with Crippen LogP contribution >= 0.6 is 23.1 Å². The van der Waals surface area contributed by atoms with Crippen LogP contribution in [0, 0.1) is 6.92 Å². The lowest BCUT2D eigenvalue weighted by molar-refractivity contribution is 0.0463. The van der Waals surface area contributed by atoms with Crippen molar-refractivity contribution in [3.63, 3.8) is 0 Å². The summed E-state index contributed by atoms with van der Waals surface area (Å²) in [7, 11) is 0. The van der Waals surface area contributed by atoms with Gasteiger partial charge in [0.05, 0.1) is 10.4 Å². The third-order valence-corrected chi connectivity index (χ3v) is 4.93. The summed E-state index contributed by atoms with van der Waals surface area (Å²) in [6.07, 6.45) is 0. The molecule has 0 bridgehead atoms. The minimum Gasteiger partial charge on any atom is -0.455 e.